The Morgan fingerprint density at radius 3 is 1.86 bits per heavy atom. The Balaban J connectivity index is 2.37. The van der Waals surface area contributed by atoms with Gasteiger partial charge in [0.05, 0.1) is 19.6 Å². The fourth-order valence-corrected chi connectivity index (χ4v) is 6.08. The normalized spacial score (nSPS) is 12.5. The zero-order valence-electron chi connectivity index (χ0n) is 24.0. The molecular formula is C30H46NO5P. The number of aryl methyl sites for hydroxylation is 1. The second-order valence-corrected chi connectivity index (χ2v) is 13.6. The summed E-state index contributed by atoms with van der Waals surface area (Å²) in [5.41, 5.74) is 3.06. The molecule has 0 bridgehead atoms. The number of hydrogen-bond acceptors (Lipinski definition) is 5. The number of phenolic OH excluding ortho intramolecular Hbond substituents is 1. The van der Waals surface area contributed by atoms with Crippen LogP contribution in [0.4, 0.5) is 0 Å². The monoisotopic (exact) mass is 531 g/mol. The van der Waals surface area contributed by atoms with Gasteiger partial charge in [0.15, 0.2) is 0 Å². The van der Waals surface area contributed by atoms with Crippen molar-refractivity contribution in [3.8, 4) is 5.75 Å². The van der Waals surface area contributed by atoms with Crippen molar-refractivity contribution in [3.05, 3.63) is 64.7 Å². The average Bonchev–Trinajstić information content (AvgIpc) is 2.79. The minimum absolute atomic E-state index is 0.0847. The maximum atomic E-state index is 13.7. The van der Waals surface area contributed by atoms with Crippen LogP contribution in [0.5, 0.6) is 5.75 Å². The SMILES string of the molecule is CCOP(=O)(CN(CCCc1ccccc1)C(=O)Cc1cc(C(C)(C)C)c(O)c(C(C)(C)C)c1)OCC. The van der Waals surface area contributed by atoms with E-state index in [1.165, 1.54) is 5.56 Å². The molecule has 1 N–H and O–H groups in total. The molecule has 0 aromatic heterocycles. The van der Waals surface area contributed by atoms with Gasteiger partial charge in [0.25, 0.3) is 0 Å². The second kappa shape index (κ2) is 13.1. The Bertz CT molecular complexity index is 1020. The van der Waals surface area contributed by atoms with E-state index in [2.05, 4.69) is 53.7 Å². The molecule has 7 heteroatoms. The van der Waals surface area contributed by atoms with Crippen LogP contribution in [-0.2, 0) is 42.1 Å². The van der Waals surface area contributed by atoms with Crippen LogP contribution in [-0.4, -0.2) is 42.0 Å². The van der Waals surface area contributed by atoms with Gasteiger partial charge in [-0.05, 0) is 59.8 Å². The van der Waals surface area contributed by atoms with Crippen molar-refractivity contribution in [1.29, 1.82) is 0 Å². The van der Waals surface area contributed by atoms with Crippen LogP contribution in [0.3, 0.4) is 0 Å². The minimum atomic E-state index is -3.46. The van der Waals surface area contributed by atoms with Gasteiger partial charge < -0.3 is 19.1 Å². The van der Waals surface area contributed by atoms with Gasteiger partial charge in [-0.15, -0.1) is 0 Å². The number of hydrogen-bond donors (Lipinski definition) is 1. The van der Waals surface area contributed by atoms with Crippen molar-refractivity contribution in [1.82, 2.24) is 4.90 Å². The molecule has 2 aromatic carbocycles. The Morgan fingerprint density at radius 2 is 1.41 bits per heavy atom. The highest BCUT2D eigenvalue weighted by Gasteiger charge is 2.31. The lowest BCUT2D eigenvalue weighted by atomic mass is 9.78. The third-order valence-electron chi connectivity index (χ3n) is 6.23. The summed E-state index contributed by atoms with van der Waals surface area (Å²) in [4.78, 5) is 15.3. The van der Waals surface area contributed by atoms with Crippen molar-refractivity contribution in [3.63, 3.8) is 0 Å². The first kappa shape index (κ1) is 31.1. The number of aromatic hydroxyl groups is 1. The number of rotatable bonds is 12. The lowest BCUT2D eigenvalue weighted by Crippen LogP contribution is -2.35. The highest BCUT2D eigenvalue weighted by Crippen LogP contribution is 2.48. The molecule has 0 unspecified atom stereocenters. The van der Waals surface area contributed by atoms with Gasteiger partial charge in [0.1, 0.15) is 12.0 Å². The molecule has 0 aliphatic carbocycles. The second-order valence-electron chi connectivity index (χ2n) is 11.6. The van der Waals surface area contributed by atoms with Crippen LogP contribution in [0.2, 0.25) is 0 Å². The fourth-order valence-electron chi connectivity index (χ4n) is 4.34. The summed E-state index contributed by atoms with van der Waals surface area (Å²) in [5, 5.41) is 11.1. The maximum absolute atomic E-state index is 13.7. The molecule has 2 rings (SSSR count). The van der Waals surface area contributed by atoms with Crippen molar-refractivity contribution in [2.75, 3.05) is 26.0 Å². The summed E-state index contributed by atoms with van der Waals surface area (Å²) in [7, 11) is -3.46. The summed E-state index contributed by atoms with van der Waals surface area (Å²) < 4.78 is 24.4. The van der Waals surface area contributed by atoms with Gasteiger partial charge in [-0.25, -0.2) is 0 Å². The van der Waals surface area contributed by atoms with E-state index in [0.29, 0.717) is 6.54 Å². The quantitative estimate of drug-likeness (QED) is 0.293. The third-order valence-corrected chi connectivity index (χ3v) is 8.22. The summed E-state index contributed by atoms with van der Waals surface area (Å²) >= 11 is 0. The van der Waals surface area contributed by atoms with Crippen LogP contribution in [0, 0.1) is 0 Å². The standard InChI is InChI=1S/C30H46NO5P/c1-9-35-37(34,36-10-2)22-31(18-14-17-23-15-12-11-13-16-23)27(32)21-24-19-25(29(3,4)5)28(33)26(20-24)30(6,7)8/h11-13,15-16,19-20,33H,9-10,14,17-18,21-22H2,1-8H3. The average molecular weight is 532 g/mol. The molecule has 206 valence electrons. The van der Waals surface area contributed by atoms with E-state index in [0.717, 1.165) is 29.5 Å². The van der Waals surface area contributed by atoms with E-state index < -0.39 is 7.60 Å². The van der Waals surface area contributed by atoms with Crippen molar-refractivity contribution >= 4 is 13.5 Å². The van der Waals surface area contributed by atoms with Gasteiger partial charge in [0.2, 0.25) is 5.91 Å². The molecule has 37 heavy (non-hydrogen) atoms. The summed E-state index contributed by atoms with van der Waals surface area (Å²) in [5.74, 6) is 0.145. The largest absolute Gasteiger partial charge is 0.507 e. The molecular weight excluding hydrogens is 485 g/mol. The zero-order chi connectivity index (χ0) is 27.9. The molecule has 1 amide bonds. The Labute approximate surface area is 223 Å². The zero-order valence-corrected chi connectivity index (χ0v) is 24.9. The van der Waals surface area contributed by atoms with E-state index >= 15 is 0 Å². The molecule has 0 radical (unpaired) electrons. The molecule has 0 spiro atoms. The summed E-state index contributed by atoms with van der Waals surface area (Å²) in [6, 6.07) is 14.0. The van der Waals surface area contributed by atoms with E-state index in [9.17, 15) is 14.5 Å². The van der Waals surface area contributed by atoms with Gasteiger partial charge in [0, 0.05) is 6.54 Å². The Kier molecular flexibility index (Phi) is 11.0. The first-order valence-corrected chi connectivity index (χ1v) is 15.0. The van der Waals surface area contributed by atoms with Gasteiger partial charge in [-0.3, -0.25) is 9.36 Å². The van der Waals surface area contributed by atoms with Gasteiger partial charge in [-0.2, -0.15) is 0 Å². The molecule has 0 atom stereocenters. The number of benzene rings is 2. The number of amides is 1. The molecule has 2 aromatic rings. The number of nitrogens with zero attached hydrogens (tertiary/aromatic N) is 1. The van der Waals surface area contributed by atoms with Crippen LogP contribution in [0.15, 0.2) is 42.5 Å². The highest BCUT2D eigenvalue weighted by atomic mass is 31.2. The molecule has 0 aliphatic rings. The van der Waals surface area contributed by atoms with E-state index in [4.69, 9.17) is 9.05 Å². The minimum Gasteiger partial charge on any atom is -0.507 e. The summed E-state index contributed by atoms with van der Waals surface area (Å²) in [6.07, 6.45) is 1.58. The van der Waals surface area contributed by atoms with Crippen LogP contribution < -0.4 is 0 Å². The molecule has 0 saturated heterocycles. The van der Waals surface area contributed by atoms with Crippen LogP contribution in [0.25, 0.3) is 0 Å². The topological polar surface area (TPSA) is 76.1 Å². The van der Waals surface area contributed by atoms with Gasteiger partial charge in [-0.1, -0.05) is 84.0 Å². The van der Waals surface area contributed by atoms with Gasteiger partial charge >= 0.3 is 7.60 Å². The predicted molar refractivity (Wildman–Crippen MR) is 151 cm³/mol. The highest BCUT2D eigenvalue weighted by molar-refractivity contribution is 7.53. The fraction of sp³-hybridized carbons (Fsp3) is 0.567. The first-order valence-electron chi connectivity index (χ1n) is 13.3. The molecule has 0 fully saturated rings. The van der Waals surface area contributed by atoms with Crippen LogP contribution >= 0.6 is 7.60 Å². The van der Waals surface area contributed by atoms with Crippen molar-refractivity contribution in [2.45, 2.75) is 85.5 Å². The van der Waals surface area contributed by atoms with E-state index in [1.807, 2.05) is 30.3 Å². The number of phenols is 1. The van der Waals surface area contributed by atoms with E-state index in [-0.39, 0.29) is 48.4 Å². The molecule has 0 aliphatic heterocycles. The predicted octanol–water partition coefficient (Wildman–Crippen LogP) is 7.21. The molecule has 0 saturated carbocycles. The first-order chi connectivity index (χ1) is 17.2. The smallest absolute Gasteiger partial charge is 0.349 e. The molecule has 0 heterocycles. The Morgan fingerprint density at radius 1 is 0.892 bits per heavy atom. The lowest BCUT2D eigenvalue weighted by Gasteiger charge is -2.29. The van der Waals surface area contributed by atoms with E-state index in [1.54, 1.807) is 18.7 Å². The van der Waals surface area contributed by atoms with Crippen molar-refractivity contribution in [2.24, 2.45) is 0 Å². The summed E-state index contributed by atoms with van der Waals surface area (Å²) in [6.45, 7) is 16.8. The lowest BCUT2D eigenvalue weighted by molar-refractivity contribution is -0.130. The molecule has 6 nitrogen and oxygen atoms in total. The number of carbonyl (C=O) groups is 1. The Hall–Kier alpha value is -2.14. The maximum Gasteiger partial charge on any atom is 0.349 e. The van der Waals surface area contributed by atoms with Crippen molar-refractivity contribution < 1.29 is 23.5 Å². The third kappa shape index (κ3) is 9.28. The van der Waals surface area contributed by atoms with Crippen LogP contribution in [0.1, 0.15) is 84.1 Å². The number of carbonyl (C=O) groups excluding carboxylic acids is 1.